The topological polar surface area (TPSA) is 37.3 Å². The summed E-state index contributed by atoms with van der Waals surface area (Å²) in [5, 5.41) is 8.33. The van der Waals surface area contributed by atoms with Crippen LogP contribution in [0.1, 0.15) is 39.5 Å². The van der Waals surface area contributed by atoms with E-state index in [9.17, 15) is 4.79 Å². The maximum Gasteiger partial charge on any atom is 0.303 e. The third-order valence-corrected chi connectivity index (χ3v) is 1.54. The summed E-state index contributed by atoms with van der Waals surface area (Å²) in [4.78, 5) is 10.1. The van der Waals surface area contributed by atoms with Crippen molar-refractivity contribution in [2.24, 2.45) is 5.92 Å². The van der Waals surface area contributed by atoms with Crippen molar-refractivity contribution in [1.82, 2.24) is 0 Å². The van der Waals surface area contributed by atoms with E-state index in [0.29, 0.717) is 5.92 Å². The fourth-order valence-corrected chi connectivity index (χ4v) is 0.857. The first kappa shape index (κ1) is 11.2. The molecule has 0 saturated carbocycles. The zero-order valence-electron chi connectivity index (χ0n) is 7.92. The molecule has 0 aliphatic heterocycles. The van der Waals surface area contributed by atoms with Crippen molar-refractivity contribution in [3.63, 3.8) is 0 Å². The van der Waals surface area contributed by atoms with Gasteiger partial charge < -0.3 is 5.11 Å². The normalized spacial score (nSPS) is 11.2. The first-order valence-electron chi connectivity index (χ1n) is 4.49. The van der Waals surface area contributed by atoms with Crippen LogP contribution in [0.4, 0.5) is 0 Å². The standard InChI is InChI=1S/C10H18O2/c1-9(2)7-5-3-4-6-8-10(11)12/h3,5,9H,4,6-8H2,1-2H3,(H,11,12). The minimum Gasteiger partial charge on any atom is -0.481 e. The fourth-order valence-electron chi connectivity index (χ4n) is 0.857. The first-order valence-corrected chi connectivity index (χ1v) is 4.49. The van der Waals surface area contributed by atoms with Gasteiger partial charge in [-0.2, -0.15) is 0 Å². The molecule has 0 atom stereocenters. The van der Waals surface area contributed by atoms with E-state index >= 15 is 0 Å². The summed E-state index contributed by atoms with van der Waals surface area (Å²) in [5.74, 6) is -0.00650. The molecule has 0 saturated heterocycles. The largest absolute Gasteiger partial charge is 0.481 e. The molecule has 70 valence electrons. The van der Waals surface area contributed by atoms with Crippen molar-refractivity contribution in [2.75, 3.05) is 0 Å². The number of hydrogen-bond donors (Lipinski definition) is 1. The molecule has 0 aromatic rings. The molecule has 0 aromatic carbocycles. The van der Waals surface area contributed by atoms with E-state index in [1.54, 1.807) is 0 Å². The van der Waals surface area contributed by atoms with E-state index in [4.69, 9.17) is 5.11 Å². The predicted octanol–water partition coefficient (Wildman–Crippen LogP) is 2.84. The van der Waals surface area contributed by atoms with Crippen LogP contribution >= 0.6 is 0 Å². The molecular weight excluding hydrogens is 152 g/mol. The molecule has 0 fully saturated rings. The third kappa shape index (κ3) is 9.21. The van der Waals surface area contributed by atoms with Crippen LogP contribution in [0.3, 0.4) is 0 Å². The number of allylic oxidation sites excluding steroid dienone is 2. The summed E-state index contributed by atoms with van der Waals surface area (Å²) >= 11 is 0. The Labute approximate surface area is 74.3 Å². The van der Waals surface area contributed by atoms with E-state index in [-0.39, 0.29) is 6.42 Å². The second kappa shape index (κ2) is 6.89. The summed E-state index contributed by atoms with van der Waals surface area (Å²) < 4.78 is 0. The molecule has 2 heteroatoms. The average Bonchev–Trinajstić information content (AvgIpc) is 1.95. The molecule has 0 aliphatic carbocycles. The van der Waals surface area contributed by atoms with Crippen molar-refractivity contribution in [3.8, 4) is 0 Å². The van der Waals surface area contributed by atoms with Gasteiger partial charge in [0.05, 0.1) is 0 Å². The van der Waals surface area contributed by atoms with Gasteiger partial charge in [0.15, 0.2) is 0 Å². The lowest BCUT2D eigenvalue weighted by Gasteiger charge is -1.96. The number of carboxylic acids is 1. The fraction of sp³-hybridized carbons (Fsp3) is 0.700. The summed E-state index contributed by atoms with van der Waals surface area (Å²) in [6.07, 6.45) is 7.22. The molecular formula is C10H18O2. The van der Waals surface area contributed by atoms with Crippen molar-refractivity contribution in [2.45, 2.75) is 39.5 Å². The minimum absolute atomic E-state index is 0.284. The van der Waals surface area contributed by atoms with Crippen LogP contribution in [0.5, 0.6) is 0 Å². The van der Waals surface area contributed by atoms with Crippen molar-refractivity contribution < 1.29 is 9.90 Å². The monoisotopic (exact) mass is 170 g/mol. The van der Waals surface area contributed by atoms with Gasteiger partial charge in [-0.3, -0.25) is 4.79 Å². The number of unbranched alkanes of at least 4 members (excludes halogenated alkanes) is 1. The van der Waals surface area contributed by atoms with Gasteiger partial charge >= 0.3 is 5.97 Å². The second-order valence-corrected chi connectivity index (χ2v) is 3.39. The van der Waals surface area contributed by atoms with Crippen molar-refractivity contribution in [3.05, 3.63) is 12.2 Å². The summed E-state index contributed by atoms with van der Waals surface area (Å²) in [6.45, 7) is 4.34. The lowest BCUT2D eigenvalue weighted by atomic mass is 10.1. The highest BCUT2D eigenvalue weighted by atomic mass is 16.4. The molecule has 0 unspecified atom stereocenters. The number of hydrogen-bond acceptors (Lipinski definition) is 1. The maximum atomic E-state index is 10.1. The molecule has 0 spiro atoms. The van der Waals surface area contributed by atoms with E-state index in [2.05, 4.69) is 26.0 Å². The molecule has 12 heavy (non-hydrogen) atoms. The molecule has 0 aliphatic rings. The Morgan fingerprint density at radius 2 is 2.08 bits per heavy atom. The Balaban J connectivity index is 3.19. The highest BCUT2D eigenvalue weighted by Gasteiger charge is 1.93. The Morgan fingerprint density at radius 3 is 2.58 bits per heavy atom. The van der Waals surface area contributed by atoms with Crippen LogP contribution in [0.25, 0.3) is 0 Å². The molecule has 1 N–H and O–H groups in total. The van der Waals surface area contributed by atoms with Gasteiger partial charge in [-0.1, -0.05) is 26.0 Å². The lowest BCUT2D eigenvalue weighted by molar-refractivity contribution is -0.137. The molecule has 0 heterocycles. The molecule has 0 rings (SSSR count). The average molecular weight is 170 g/mol. The summed E-state index contributed by atoms with van der Waals surface area (Å²) in [5.41, 5.74) is 0. The molecule has 0 bridgehead atoms. The van der Waals surface area contributed by atoms with Crippen LogP contribution in [-0.4, -0.2) is 11.1 Å². The number of carboxylic acid groups (broad SMARTS) is 1. The van der Waals surface area contributed by atoms with Crippen molar-refractivity contribution >= 4 is 5.97 Å². The third-order valence-electron chi connectivity index (χ3n) is 1.54. The van der Waals surface area contributed by atoms with E-state index in [1.165, 1.54) is 0 Å². The van der Waals surface area contributed by atoms with Gasteiger partial charge in [-0.15, -0.1) is 0 Å². The SMILES string of the molecule is CC(C)CC=CCCCC(=O)O. The van der Waals surface area contributed by atoms with E-state index in [0.717, 1.165) is 19.3 Å². The van der Waals surface area contributed by atoms with Crippen LogP contribution in [0, 0.1) is 5.92 Å². The smallest absolute Gasteiger partial charge is 0.303 e. The van der Waals surface area contributed by atoms with Gasteiger partial charge in [0, 0.05) is 6.42 Å². The lowest BCUT2D eigenvalue weighted by Crippen LogP contribution is -1.92. The van der Waals surface area contributed by atoms with Crippen molar-refractivity contribution in [1.29, 1.82) is 0 Å². The second-order valence-electron chi connectivity index (χ2n) is 3.39. The van der Waals surface area contributed by atoms with E-state index < -0.39 is 5.97 Å². The Bertz CT molecular complexity index is 148. The van der Waals surface area contributed by atoms with E-state index in [1.807, 2.05) is 0 Å². The maximum absolute atomic E-state index is 10.1. The van der Waals surface area contributed by atoms with Crippen LogP contribution in [0.15, 0.2) is 12.2 Å². The Morgan fingerprint density at radius 1 is 1.42 bits per heavy atom. The molecule has 0 radical (unpaired) electrons. The van der Waals surface area contributed by atoms with Gasteiger partial charge in [-0.25, -0.2) is 0 Å². The number of aliphatic carboxylic acids is 1. The molecule has 2 nitrogen and oxygen atoms in total. The minimum atomic E-state index is -0.702. The van der Waals surface area contributed by atoms with Gasteiger partial charge in [0.2, 0.25) is 0 Å². The van der Waals surface area contributed by atoms with Gasteiger partial charge in [0.25, 0.3) is 0 Å². The molecule has 0 amide bonds. The number of rotatable bonds is 6. The predicted molar refractivity (Wildman–Crippen MR) is 50.1 cm³/mol. The Kier molecular flexibility index (Phi) is 6.44. The summed E-state index contributed by atoms with van der Waals surface area (Å²) in [6, 6.07) is 0. The van der Waals surface area contributed by atoms with Crippen LogP contribution in [-0.2, 0) is 4.79 Å². The van der Waals surface area contributed by atoms with Gasteiger partial charge in [-0.05, 0) is 25.2 Å². The van der Waals surface area contributed by atoms with Gasteiger partial charge in [0.1, 0.15) is 0 Å². The number of carbonyl (C=O) groups is 1. The molecule has 0 aromatic heterocycles. The summed E-state index contributed by atoms with van der Waals surface area (Å²) in [7, 11) is 0. The van der Waals surface area contributed by atoms with Crippen LogP contribution < -0.4 is 0 Å². The quantitative estimate of drug-likeness (QED) is 0.491. The zero-order valence-corrected chi connectivity index (χ0v) is 7.92. The van der Waals surface area contributed by atoms with Crippen LogP contribution in [0.2, 0.25) is 0 Å². The first-order chi connectivity index (χ1) is 5.63. The Hall–Kier alpha value is -0.790. The highest BCUT2D eigenvalue weighted by molar-refractivity contribution is 5.66. The highest BCUT2D eigenvalue weighted by Crippen LogP contribution is 2.02. The zero-order chi connectivity index (χ0) is 9.40.